The summed E-state index contributed by atoms with van der Waals surface area (Å²) in [6.07, 6.45) is 0.677. The lowest BCUT2D eigenvalue weighted by atomic mass is 10.1. The van der Waals surface area contributed by atoms with Crippen LogP contribution in [-0.2, 0) is 9.84 Å². The molecule has 17 heavy (non-hydrogen) atoms. The maximum Gasteiger partial charge on any atom is 0.147 e. The zero-order valence-electron chi connectivity index (χ0n) is 10.4. The van der Waals surface area contributed by atoms with Gasteiger partial charge in [0.1, 0.15) is 9.84 Å². The monoisotopic (exact) mass is 257 g/mol. The Kier molecular flexibility index (Phi) is 4.54. The fourth-order valence-electron chi connectivity index (χ4n) is 1.50. The van der Waals surface area contributed by atoms with Crippen LogP contribution in [0.1, 0.15) is 18.1 Å². The average molecular weight is 257 g/mol. The standard InChI is InChI=1S/C12H19NO3S/c1-13(2)11-6-4-5-10(9-11)12(14)7-8-17(3,15)16/h4-6,9,12,14H,7-8H2,1-3H3. The van der Waals surface area contributed by atoms with E-state index in [-0.39, 0.29) is 12.2 Å². The number of anilines is 1. The molecule has 0 aliphatic carbocycles. The van der Waals surface area contributed by atoms with Gasteiger partial charge in [-0.3, -0.25) is 0 Å². The topological polar surface area (TPSA) is 57.6 Å². The van der Waals surface area contributed by atoms with Gasteiger partial charge < -0.3 is 10.0 Å². The number of sulfone groups is 1. The lowest BCUT2D eigenvalue weighted by Gasteiger charge is -2.16. The normalized spacial score (nSPS) is 13.4. The van der Waals surface area contributed by atoms with Gasteiger partial charge in [0.25, 0.3) is 0 Å². The smallest absolute Gasteiger partial charge is 0.147 e. The molecule has 1 atom stereocenters. The third-order valence-corrected chi connectivity index (χ3v) is 3.51. The molecule has 0 bridgehead atoms. The van der Waals surface area contributed by atoms with Gasteiger partial charge in [0.2, 0.25) is 0 Å². The molecule has 1 unspecified atom stereocenters. The van der Waals surface area contributed by atoms with E-state index in [1.54, 1.807) is 6.07 Å². The predicted molar refractivity (Wildman–Crippen MR) is 70.1 cm³/mol. The molecule has 0 aliphatic rings. The van der Waals surface area contributed by atoms with E-state index in [0.29, 0.717) is 0 Å². The summed E-state index contributed by atoms with van der Waals surface area (Å²) in [4.78, 5) is 1.94. The second kappa shape index (κ2) is 5.51. The van der Waals surface area contributed by atoms with Crippen LogP contribution in [0, 0.1) is 0 Å². The Hall–Kier alpha value is -1.07. The maximum atomic E-state index is 11.0. The molecular formula is C12H19NO3S. The van der Waals surface area contributed by atoms with E-state index in [2.05, 4.69) is 0 Å². The summed E-state index contributed by atoms with van der Waals surface area (Å²) in [7, 11) is 0.813. The molecule has 1 rings (SSSR count). The van der Waals surface area contributed by atoms with Crippen LogP contribution in [0.25, 0.3) is 0 Å². The third-order valence-electron chi connectivity index (χ3n) is 2.53. The van der Waals surface area contributed by atoms with Gasteiger partial charge in [-0.25, -0.2) is 8.42 Å². The van der Waals surface area contributed by atoms with E-state index in [1.165, 1.54) is 6.26 Å². The SMILES string of the molecule is CN(C)c1cccc(C(O)CCS(C)(=O)=O)c1. The Morgan fingerprint density at radius 3 is 2.53 bits per heavy atom. The van der Waals surface area contributed by atoms with Crippen LogP contribution in [0.4, 0.5) is 5.69 Å². The molecule has 1 aromatic rings. The molecule has 4 nitrogen and oxygen atoms in total. The highest BCUT2D eigenvalue weighted by atomic mass is 32.2. The Morgan fingerprint density at radius 1 is 1.35 bits per heavy atom. The van der Waals surface area contributed by atoms with Crippen LogP contribution >= 0.6 is 0 Å². The van der Waals surface area contributed by atoms with Gasteiger partial charge in [-0.15, -0.1) is 0 Å². The molecular weight excluding hydrogens is 238 g/mol. The van der Waals surface area contributed by atoms with Gasteiger partial charge >= 0.3 is 0 Å². The number of aliphatic hydroxyl groups is 1. The summed E-state index contributed by atoms with van der Waals surface area (Å²) >= 11 is 0. The minimum absolute atomic E-state index is 0.000356. The van der Waals surface area contributed by atoms with Crippen molar-refractivity contribution in [1.29, 1.82) is 0 Å². The highest BCUT2D eigenvalue weighted by Gasteiger charge is 2.12. The second-order valence-corrected chi connectivity index (χ2v) is 6.68. The van der Waals surface area contributed by atoms with E-state index >= 15 is 0 Å². The molecule has 0 spiro atoms. The molecule has 0 fully saturated rings. The van der Waals surface area contributed by atoms with Crippen LogP contribution in [0.2, 0.25) is 0 Å². The van der Waals surface area contributed by atoms with Crippen molar-refractivity contribution in [3.8, 4) is 0 Å². The summed E-state index contributed by atoms with van der Waals surface area (Å²) in [5.41, 5.74) is 1.74. The van der Waals surface area contributed by atoms with Crippen LogP contribution in [0.15, 0.2) is 24.3 Å². The van der Waals surface area contributed by atoms with Gasteiger partial charge in [0.15, 0.2) is 0 Å². The van der Waals surface area contributed by atoms with Crippen LogP contribution < -0.4 is 4.90 Å². The van der Waals surface area contributed by atoms with Crippen molar-refractivity contribution in [2.45, 2.75) is 12.5 Å². The molecule has 0 amide bonds. The molecule has 0 saturated heterocycles. The lowest BCUT2D eigenvalue weighted by Crippen LogP contribution is -2.11. The quantitative estimate of drug-likeness (QED) is 0.861. The number of rotatable bonds is 5. The van der Waals surface area contributed by atoms with Crippen molar-refractivity contribution in [2.24, 2.45) is 0 Å². The Bertz CT molecular complexity index is 468. The van der Waals surface area contributed by atoms with E-state index in [0.717, 1.165) is 11.3 Å². The fraction of sp³-hybridized carbons (Fsp3) is 0.500. The zero-order valence-corrected chi connectivity index (χ0v) is 11.2. The number of hydrogen-bond acceptors (Lipinski definition) is 4. The van der Waals surface area contributed by atoms with E-state index in [1.807, 2.05) is 37.2 Å². The molecule has 0 aromatic heterocycles. The van der Waals surface area contributed by atoms with E-state index < -0.39 is 15.9 Å². The highest BCUT2D eigenvalue weighted by molar-refractivity contribution is 7.90. The van der Waals surface area contributed by atoms with Gasteiger partial charge in [0, 0.05) is 26.0 Å². The molecule has 0 radical (unpaired) electrons. The summed E-state index contributed by atoms with van der Waals surface area (Å²) < 4.78 is 22.0. The van der Waals surface area contributed by atoms with Gasteiger partial charge in [-0.05, 0) is 24.1 Å². The Morgan fingerprint density at radius 2 is 2.00 bits per heavy atom. The molecule has 1 aromatic carbocycles. The molecule has 0 heterocycles. The maximum absolute atomic E-state index is 11.0. The van der Waals surface area contributed by atoms with Crippen molar-refractivity contribution >= 4 is 15.5 Å². The van der Waals surface area contributed by atoms with Crippen molar-refractivity contribution in [2.75, 3.05) is 31.0 Å². The number of aliphatic hydroxyl groups excluding tert-OH is 1. The van der Waals surface area contributed by atoms with Crippen molar-refractivity contribution in [3.05, 3.63) is 29.8 Å². The Labute approximate surface area is 103 Å². The third kappa shape index (κ3) is 4.75. The first-order valence-electron chi connectivity index (χ1n) is 5.42. The minimum atomic E-state index is -3.02. The average Bonchev–Trinajstić information content (AvgIpc) is 2.25. The number of hydrogen-bond donors (Lipinski definition) is 1. The first kappa shape index (κ1) is 14.0. The first-order valence-corrected chi connectivity index (χ1v) is 7.49. The molecule has 0 aliphatic heterocycles. The van der Waals surface area contributed by atoms with Crippen LogP contribution in [0.5, 0.6) is 0 Å². The summed E-state index contributed by atoms with van der Waals surface area (Å²) in [5, 5.41) is 9.91. The van der Waals surface area contributed by atoms with Crippen molar-refractivity contribution < 1.29 is 13.5 Å². The zero-order chi connectivity index (χ0) is 13.1. The van der Waals surface area contributed by atoms with Gasteiger partial charge in [-0.2, -0.15) is 0 Å². The van der Waals surface area contributed by atoms with E-state index in [4.69, 9.17) is 0 Å². The summed E-state index contributed by atoms with van der Waals surface area (Å²) in [6, 6.07) is 7.47. The first-order chi connectivity index (χ1) is 7.79. The predicted octanol–water partition coefficient (Wildman–Crippen LogP) is 1.22. The molecule has 0 saturated carbocycles. The van der Waals surface area contributed by atoms with Crippen LogP contribution in [0.3, 0.4) is 0 Å². The van der Waals surface area contributed by atoms with Gasteiger partial charge in [-0.1, -0.05) is 12.1 Å². The van der Waals surface area contributed by atoms with Crippen molar-refractivity contribution in [3.63, 3.8) is 0 Å². The molecule has 96 valence electrons. The number of nitrogens with zero attached hydrogens (tertiary/aromatic N) is 1. The lowest BCUT2D eigenvalue weighted by molar-refractivity contribution is 0.174. The highest BCUT2D eigenvalue weighted by Crippen LogP contribution is 2.21. The summed E-state index contributed by atoms with van der Waals surface area (Å²) in [6.45, 7) is 0. The largest absolute Gasteiger partial charge is 0.388 e. The Balaban J connectivity index is 2.75. The van der Waals surface area contributed by atoms with Crippen molar-refractivity contribution in [1.82, 2.24) is 0 Å². The van der Waals surface area contributed by atoms with E-state index in [9.17, 15) is 13.5 Å². The number of benzene rings is 1. The molecule has 5 heteroatoms. The summed E-state index contributed by atoms with van der Waals surface area (Å²) in [5.74, 6) is 0.000356. The minimum Gasteiger partial charge on any atom is -0.388 e. The fourth-order valence-corrected chi connectivity index (χ4v) is 2.15. The molecule has 1 N–H and O–H groups in total. The second-order valence-electron chi connectivity index (χ2n) is 4.42. The van der Waals surface area contributed by atoms with Gasteiger partial charge in [0.05, 0.1) is 11.9 Å². The van der Waals surface area contributed by atoms with Crippen LogP contribution in [-0.4, -0.2) is 39.6 Å².